The van der Waals surface area contributed by atoms with Crippen LogP contribution in [0.2, 0.25) is 5.02 Å². The summed E-state index contributed by atoms with van der Waals surface area (Å²) < 4.78 is 0. The Balaban J connectivity index is 1.85. The quantitative estimate of drug-likeness (QED) is 0.833. The van der Waals surface area contributed by atoms with Gasteiger partial charge in [0, 0.05) is 23.3 Å². The molecule has 1 aromatic rings. The molecule has 0 aliphatic carbocycles. The lowest BCUT2D eigenvalue weighted by molar-refractivity contribution is 0.267. The summed E-state index contributed by atoms with van der Waals surface area (Å²) in [6.07, 6.45) is 2.54. The fraction of sp³-hybridized carbons (Fsp3) is 0.533. The van der Waals surface area contributed by atoms with E-state index in [1.54, 1.807) is 0 Å². The molecule has 5 heteroatoms. The van der Waals surface area contributed by atoms with Gasteiger partial charge in [0.2, 0.25) is 0 Å². The van der Waals surface area contributed by atoms with Gasteiger partial charge in [-0.1, -0.05) is 24.6 Å². The molecule has 110 valence electrons. The van der Waals surface area contributed by atoms with E-state index >= 15 is 0 Å². The van der Waals surface area contributed by atoms with Crippen molar-refractivity contribution in [1.82, 2.24) is 10.2 Å². The van der Waals surface area contributed by atoms with E-state index in [0.717, 1.165) is 29.4 Å². The number of benzene rings is 1. The third-order valence-electron chi connectivity index (χ3n) is 3.92. The third-order valence-corrected chi connectivity index (χ3v) is 4.58. The zero-order chi connectivity index (χ0) is 14.5. The Labute approximate surface area is 131 Å². The lowest BCUT2D eigenvalue weighted by Gasteiger charge is -2.23. The van der Waals surface area contributed by atoms with Crippen LogP contribution in [0.25, 0.3) is 0 Å². The van der Waals surface area contributed by atoms with Crippen LogP contribution in [-0.2, 0) is 0 Å². The number of nitrogens with zero attached hydrogens (tertiary/aromatic N) is 1. The average molecular weight is 312 g/mol. The molecule has 1 fully saturated rings. The molecule has 20 heavy (non-hydrogen) atoms. The first-order valence-corrected chi connectivity index (χ1v) is 7.94. The normalized spacial score (nSPS) is 19.1. The molecule has 1 saturated heterocycles. The number of nitrogens with one attached hydrogen (secondary N) is 2. The number of hydrogen-bond donors (Lipinski definition) is 2. The lowest BCUT2D eigenvalue weighted by atomic mass is 10.2. The van der Waals surface area contributed by atoms with Crippen molar-refractivity contribution in [2.45, 2.75) is 32.7 Å². The van der Waals surface area contributed by atoms with Crippen molar-refractivity contribution in [3.05, 3.63) is 28.8 Å². The summed E-state index contributed by atoms with van der Waals surface area (Å²) in [6.45, 7) is 7.42. The monoisotopic (exact) mass is 311 g/mol. The van der Waals surface area contributed by atoms with E-state index < -0.39 is 0 Å². The summed E-state index contributed by atoms with van der Waals surface area (Å²) in [5.41, 5.74) is 1.99. The van der Waals surface area contributed by atoms with Crippen LogP contribution in [-0.4, -0.2) is 35.7 Å². The van der Waals surface area contributed by atoms with Crippen LogP contribution in [0.3, 0.4) is 0 Å². The van der Waals surface area contributed by atoms with Crippen molar-refractivity contribution in [1.29, 1.82) is 0 Å². The Hall–Kier alpha value is -0.840. The van der Waals surface area contributed by atoms with E-state index in [1.165, 1.54) is 19.4 Å². The standard InChI is InChI=1S/C15H22ClN3S/c1-3-19-9-5-6-12(19)10-17-15(20)18-14-8-4-7-13(16)11(14)2/h4,7-8,12H,3,5-6,9-10H2,1-2H3,(H2,17,18,20). The molecular formula is C15H22ClN3S. The summed E-state index contributed by atoms with van der Waals surface area (Å²) in [7, 11) is 0. The molecule has 0 bridgehead atoms. The van der Waals surface area contributed by atoms with Gasteiger partial charge in [-0.25, -0.2) is 0 Å². The van der Waals surface area contributed by atoms with Crippen LogP contribution in [0.4, 0.5) is 5.69 Å². The predicted octanol–water partition coefficient (Wildman–Crippen LogP) is 3.42. The second-order valence-corrected chi connectivity index (χ2v) is 5.99. The van der Waals surface area contributed by atoms with E-state index in [1.807, 2.05) is 25.1 Å². The molecule has 0 aromatic heterocycles. The third kappa shape index (κ3) is 3.84. The van der Waals surface area contributed by atoms with Crippen molar-refractivity contribution in [3.8, 4) is 0 Å². The maximum Gasteiger partial charge on any atom is 0.170 e. The summed E-state index contributed by atoms with van der Waals surface area (Å²) in [4.78, 5) is 2.50. The summed E-state index contributed by atoms with van der Waals surface area (Å²) in [6, 6.07) is 6.40. The maximum absolute atomic E-state index is 6.11. The second kappa shape index (κ2) is 7.25. The van der Waals surface area contributed by atoms with E-state index in [2.05, 4.69) is 22.5 Å². The molecule has 1 atom stereocenters. The van der Waals surface area contributed by atoms with Crippen LogP contribution in [0.5, 0.6) is 0 Å². The Morgan fingerprint density at radius 2 is 2.30 bits per heavy atom. The molecule has 2 N–H and O–H groups in total. The van der Waals surface area contributed by atoms with Gasteiger partial charge in [0.05, 0.1) is 0 Å². The molecule has 1 aliphatic heterocycles. The molecule has 0 radical (unpaired) electrons. The van der Waals surface area contributed by atoms with Gasteiger partial charge in [0.25, 0.3) is 0 Å². The molecule has 0 spiro atoms. The van der Waals surface area contributed by atoms with Gasteiger partial charge >= 0.3 is 0 Å². The highest BCUT2D eigenvalue weighted by molar-refractivity contribution is 7.80. The second-order valence-electron chi connectivity index (χ2n) is 5.17. The van der Waals surface area contributed by atoms with Gasteiger partial charge in [0.1, 0.15) is 0 Å². The first kappa shape index (κ1) is 15.5. The molecule has 1 heterocycles. The highest BCUT2D eigenvalue weighted by Gasteiger charge is 2.22. The molecule has 0 saturated carbocycles. The first-order valence-electron chi connectivity index (χ1n) is 7.15. The van der Waals surface area contributed by atoms with E-state index in [4.69, 9.17) is 23.8 Å². The molecule has 1 aliphatic rings. The summed E-state index contributed by atoms with van der Waals surface area (Å²) in [5.74, 6) is 0. The van der Waals surface area contributed by atoms with Crippen LogP contribution in [0.15, 0.2) is 18.2 Å². The van der Waals surface area contributed by atoms with Crippen LogP contribution in [0, 0.1) is 6.92 Å². The Morgan fingerprint density at radius 3 is 3.05 bits per heavy atom. The van der Waals surface area contributed by atoms with Gasteiger partial charge in [0.15, 0.2) is 5.11 Å². The fourth-order valence-corrected chi connectivity index (χ4v) is 3.03. The van der Waals surface area contributed by atoms with Crippen molar-refractivity contribution < 1.29 is 0 Å². The SMILES string of the molecule is CCN1CCCC1CNC(=S)Nc1cccc(Cl)c1C. The zero-order valence-corrected chi connectivity index (χ0v) is 13.7. The van der Waals surface area contributed by atoms with E-state index in [0.29, 0.717) is 11.2 Å². The van der Waals surface area contributed by atoms with Gasteiger partial charge in [-0.05, 0) is 62.8 Å². The maximum atomic E-state index is 6.11. The molecule has 3 nitrogen and oxygen atoms in total. The van der Waals surface area contributed by atoms with E-state index in [9.17, 15) is 0 Å². The van der Waals surface area contributed by atoms with Crippen molar-refractivity contribution in [2.24, 2.45) is 0 Å². The van der Waals surface area contributed by atoms with Crippen LogP contribution >= 0.6 is 23.8 Å². The number of thiocarbonyl (C=S) groups is 1. The van der Waals surface area contributed by atoms with Gasteiger partial charge in [-0.3, -0.25) is 4.90 Å². The number of anilines is 1. The van der Waals surface area contributed by atoms with Gasteiger partial charge in [-0.15, -0.1) is 0 Å². The lowest BCUT2D eigenvalue weighted by Crippen LogP contribution is -2.41. The Kier molecular flexibility index (Phi) is 5.64. The number of rotatable bonds is 4. The molecule has 0 amide bonds. The molecule has 1 unspecified atom stereocenters. The van der Waals surface area contributed by atoms with Gasteiger partial charge < -0.3 is 10.6 Å². The highest BCUT2D eigenvalue weighted by atomic mass is 35.5. The van der Waals surface area contributed by atoms with Crippen molar-refractivity contribution in [3.63, 3.8) is 0 Å². The molecule has 2 rings (SSSR count). The van der Waals surface area contributed by atoms with Gasteiger partial charge in [-0.2, -0.15) is 0 Å². The van der Waals surface area contributed by atoms with Crippen molar-refractivity contribution >= 4 is 34.6 Å². The highest BCUT2D eigenvalue weighted by Crippen LogP contribution is 2.22. The summed E-state index contributed by atoms with van der Waals surface area (Å²) in [5, 5.41) is 7.97. The van der Waals surface area contributed by atoms with Crippen LogP contribution in [0.1, 0.15) is 25.3 Å². The topological polar surface area (TPSA) is 27.3 Å². The predicted molar refractivity (Wildman–Crippen MR) is 90.7 cm³/mol. The Bertz CT molecular complexity index is 478. The average Bonchev–Trinajstić information content (AvgIpc) is 2.89. The largest absolute Gasteiger partial charge is 0.361 e. The zero-order valence-electron chi connectivity index (χ0n) is 12.1. The number of likely N-dealkylation sites (N-methyl/N-ethyl adjacent to an activating group) is 1. The fourth-order valence-electron chi connectivity index (χ4n) is 2.66. The minimum absolute atomic E-state index is 0.597. The van der Waals surface area contributed by atoms with Crippen molar-refractivity contribution in [2.75, 3.05) is 25.0 Å². The minimum atomic E-state index is 0.597. The van der Waals surface area contributed by atoms with E-state index in [-0.39, 0.29) is 0 Å². The minimum Gasteiger partial charge on any atom is -0.361 e. The Morgan fingerprint density at radius 1 is 1.50 bits per heavy atom. The molecular weight excluding hydrogens is 290 g/mol. The molecule has 1 aromatic carbocycles. The number of likely N-dealkylation sites (tertiary alicyclic amines) is 1. The van der Waals surface area contributed by atoms with Crippen LogP contribution < -0.4 is 10.6 Å². The summed E-state index contributed by atoms with van der Waals surface area (Å²) >= 11 is 11.5. The smallest absolute Gasteiger partial charge is 0.170 e. The first-order chi connectivity index (χ1) is 9.61. The number of halogens is 1. The number of hydrogen-bond acceptors (Lipinski definition) is 2.